The summed E-state index contributed by atoms with van der Waals surface area (Å²) in [4.78, 5) is 11.8. The normalized spacial score (nSPS) is 17.9. The topological polar surface area (TPSA) is 43.1 Å². The smallest absolute Gasteiger partial charge is 0.248 e. The van der Waals surface area contributed by atoms with Crippen LogP contribution in [0.1, 0.15) is 85.5 Å². The first-order valence-corrected chi connectivity index (χ1v) is 9.86. The second kappa shape index (κ2) is 11.3. The maximum Gasteiger partial charge on any atom is 0.248 e. The Kier molecular flexibility index (Phi) is 9.75. The van der Waals surface area contributed by atoms with Gasteiger partial charge in [-0.3, -0.25) is 4.79 Å². The van der Waals surface area contributed by atoms with Crippen molar-refractivity contribution in [1.29, 1.82) is 0 Å². The summed E-state index contributed by atoms with van der Waals surface area (Å²) in [5, 5.41) is 0. The molecule has 1 atom stereocenters. The van der Waals surface area contributed by atoms with Gasteiger partial charge in [-0.1, -0.05) is 57.8 Å². The Bertz CT molecular complexity index is 480. The molecule has 0 heterocycles. The van der Waals surface area contributed by atoms with Crippen LogP contribution in [0.15, 0.2) is 34.9 Å². The first-order chi connectivity index (χ1) is 11.5. The van der Waals surface area contributed by atoms with Crippen molar-refractivity contribution in [2.45, 2.75) is 85.5 Å². The Morgan fingerprint density at radius 2 is 1.92 bits per heavy atom. The van der Waals surface area contributed by atoms with Crippen LogP contribution in [0.4, 0.5) is 0 Å². The van der Waals surface area contributed by atoms with E-state index in [1.165, 1.54) is 36.8 Å². The van der Waals surface area contributed by atoms with Gasteiger partial charge in [-0.15, -0.1) is 0 Å². The summed E-state index contributed by atoms with van der Waals surface area (Å²) in [6, 6.07) is 0. The molecule has 2 N–H and O–H groups in total. The number of rotatable bonds is 12. The molecule has 1 unspecified atom stereocenters. The summed E-state index contributed by atoms with van der Waals surface area (Å²) in [5.74, 6) is 1.50. The average molecular weight is 332 g/mol. The summed E-state index contributed by atoms with van der Waals surface area (Å²) in [6.07, 6.45) is 16.7. The highest BCUT2D eigenvalue weighted by Gasteiger charge is 2.27. The zero-order valence-corrected chi connectivity index (χ0v) is 16.2. The van der Waals surface area contributed by atoms with E-state index in [9.17, 15) is 4.79 Å². The SMILES string of the molecule is CCC/C=C/C(=C\C(CCCC(C)C1CC1)=C(/C)CCC)C(N)=O. The maximum atomic E-state index is 11.8. The van der Waals surface area contributed by atoms with Crippen LogP contribution in [0, 0.1) is 11.8 Å². The van der Waals surface area contributed by atoms with Crippen molar-refractivity contribution in [1.82, 2.24) is 0 Å². The molecule has 1 amide bonds. The van der Waals surface area contributed by atoms with Crippen LogP contribution < -0.4 is 5.73 Å². The van der Waals surface area contributed by atoms with E-state index in [4.69, 9.17) is 5.73 Å². The first-order valence-electron chi connectivity index (χ1n) is 9.86. The lowest BCUT2D eigenvalue weighted by molar-refractivity contribution is -0.114. The Labute approximate surface area is 149 Å². The van der Waals surface area contributed by atoms with Crippen LogP contribution in [0.5, 0.6) is 0 Å². The molecule has 136 valence electrons. The number of carbonyl (C=O) groups excluding carboxylic acids is 1. The van der Waals surface area contributed by atoms with E-state index in [1.807, 2.05) is 12.2 Å². The van der Waals surface area contributed by atoms with Gasteiger partial charge < -0.3 is 5.73 Å². The average Bonchev–Trinajstić information content (AvgIpc) is 3.37. The largest absolute Gasteiger partial charge is 0.366 e. The molecular formula is C22H37NO. The van der Waals surface area contributed by atoms with Gasteiger partial charge in [0, 0.05) is 5.57 Å². The van der Waals surface area contributed by atoms with Crippen LogP contribution in [0.3, 0.4) is 0 Å². The fourth-order valence-corrected chi connectivity index (χ4v) is 3.23. The Morgan fingerprint density at radius 3 is 2.46 bits per heavy atom. The third kappa shape index (κ3) is 7.99. The fourth-order valence-electron chi connectivity index (χ4n) is 3.23. The number of carbonyl (C=O) groups is 1. The van der Waals surface area contributed by atoms with Crippen LogP contribution in [-0.4, -0.2) is 5.91 Å². The summed E-state index contributed by atoms with van der Waals surface area (Å²) in [7, 11) is 0. The highest BCUT2D eigenvalue weighted by atomic mass is 16.1. The van der Waals surface area contributed by atoms with Crippen molar-refractivity contribution < 1.29 is 4.79 Å². The molecular weight excluding hydrogens is 294 g/mol. The van der Waals surface area contributed by atoms with Gasteiger partial charge in [-0.2, -0.15) is 0 Å². The minimum absolute atomic E-state index is 0.324. The zero-order chi connectivity index (χ0) is 17.9. The van der Waals surface area contributed by atoms with Crippen LogP contribution in [0.2, 0.25) is 0 Å². The lowest BCUT2D eigenvalue weighted by Gasteiger charge is -2.13. The van der Waals surface area contributed by atoms with Crippen molar-refractivity contribution >= 4 is 5.91 Å². The molecule has 0 radical (unpaired) electrons. The Morgan fingerprint density at radius 1 is 1.21 bits per heavy atom. The summed E-state index contributed by atoms with van der Waals surface area (Å²) in [5.41, 5.74) is 8.94. The van der Waals surface area contributed by atoms with E-state index in [1.54, 1.807) is 0 Å². The molecule has 0 aromatic heterocycles. The van der Waals surface area contributed by atoms with Crippen LogP contribution >= 0.6 is 0 Å². The standard InChI is InChI=1S/C22H37NO/c1-5-7-8-12-21(22(23)24)16-20(17(3)10-6-2)13-9-11-18(4)19-14-15-19/h8,12,16,18-19H,5-7,9-11,13-15H2,1-4H3,(H2,23,24)/b12-8+,20-17+,21-16+. The summed E-state index contributed by atoms with van der Waals surface area (Å²) >= 11 is 0. The molecule has 0 aliphatic heterocycles. The molecule has 0 aromatic rings. The van der Waals surface area contributed by atoms with E-state index in [0.717, 1.165) is 43.9 Å². The van der Waals surface area contributed by atoms with Crippen molar-refractivity contribution in [2.24, 2.45) is 17.6 Å². The van der Waals surface area contributed by atoms with Crippen molar-refractivity contribution in [3.05, 3.63) is 34.9 Å². The second-order valence-corrected chi connectivity index (χ2v) is 7.42. The summed E-state index contributed by atoms with van der Waals surface area (Å²) < 4.78 is 0. The number of primary amides is 1. The molecule has 0 spiro atoms. The molecule has 1 rings (SSSR count). The van der Waals surface area contributed by atoms with Gasteiger partial charge in [0.2, 0.25) is 5.91 Å². The quantitative estimate of drug-likeness (QED) is 0.341. The molecule has 0 bridgehead atoms. The number of amides is 1. The molecule has 1 saturated carbocycles. The number of hydrogen-bond acceptors (Lipinski definition) is 1. The van der Waals surface area contributed by atoms with Gasteiger partial charge >= 0.3 is 0 Å². The van der Waals surface area contributed by atoms with Crippen molar-refractivity contribution in [3.63, 3.8) is 0 Å². The highest BCUT2D eigenvalue weighted by Crippen LogP contribution is 2.39. The van der Waals surface area contributed by atoms with Gasteiger partial charge in [0.1, 0.15) is 0 Å². The van der Waals surface area contributed by atoms with E-state index in [-0.39, 0.29) is 5.91 Å². The maximum absolute atomic E-state index is 11.8. The summed E-state index contributed by atoms with van der Waals surface area (Å²) in [6.45, 7) is 8.93. The van der Waals surface area contributed by atoms with E-state index in [0.29, 0.717) is 5.57 Å². The number of unbranched alkanes of at least 4 members (excludes halogenated alkanes) is 1. The van der Waals surface area contributed by atoms with Crippen LogP contribution in [-0.2, 0) is 4.79 Å². The van der Waals surface area contributed by atoms with Gasteiger partial charge in [0.05, 0.1) is 0 Å². The number of hydrogen-bond donors (Lipinski definition) is 1. The fraction of sp³-hybridized carbons (Fsp3) is 0.682. The number of allylic oxidation sites excluding steroid dienone is 4. The molecule has 1 aliphatic carbocycles. The highest BCUT2D eigenvalue weighted by molar-refractivity contribution is 5.95. The molecule has 0 aromatic carbocycles. The first kappa shape index (κ1) is 20.7. The van der Waals surface area contributed by atoms with Gasteiger partial charge in [0.15, 0.2) is 0 Å². The van der Waals surface area contributed by atoms with Crippen molar-refractivity contribution in [3.8, 4) is 0 Å². The molecule has 2 heteroatoms. The third-order valence-corrected chi connectivity index (χ3v) is 5.07. The van der Waals surface area contributed by atoms with Gasteiger partial charge in [-0.05, 0) is 68.9 Å². The third-order valence-electron chi connectivity index (χ3n) is 5.07. The molecule has 1 fully saturated rings. The Hall–Kier alpha value is -1.31. The van der Waals surface area contributed by atoms with Gasteiger partial charge in [0.25, 0.3) is 0 Å². The zero-order valence-electron chi connectivity index (χ0n) is 16.2. The monoisotopic (exact) mass is 331 g/mol. The second-order valence-electron chi connectivity index (χ2n) is 7.42. The minimum Gasteiger partial charge on any atom is -0.366 e. The lowest BCUT2D eigenvalue weighted by atomic mass is 9.93. The molecule has 0 saturated heterocycles. The van der Waals surface area contributed by atoms with E-state index in [2.05, 4.69) is 33.8 Å². The number of nitrogens with two attached hydrogens (primary N) is 1. The molecule has 2 nitrogen and oxygen atoms in total. The van der Waals surface area contributed by atoms with Gasteiger partial charge in [-0.25, -0.2) is 0 Å². The Balaban J connectivity index is 2.79. The lowest BCUT2D eigenvalue weighted by Crippen LogP contribution is -2.13. The molecule has 24 heavy (non-hydrogen) atoms. The van der Waals surface area contributed by atoms with E-state index < -0.39 is 0 Å². The minimum atomic E-state index is -0.324. The predicted molar refractivity (Wildman–Crippen MR) is 105 cm³/mol. The predicted octanol–water partition coefficient (Wildman–Crippen LogP) is 6.09. The van der Waals surface area contributed by atoms with Crippen LogP contribution in [0.25, 0.3) is 0 Å². The van der Waals surface area contributed by atoms with E-state index >= 15 is 0 Å². The molecule has 1 aliphatic rings. The van der Waals surface area contributed by atoms with Crippen molar-refractivity contribution in [2.75, 3.05) is 0 Å².